The lowest BCUT2D eigenvalue weighted by atomic mass is 9.99. The summed E-state index contributed by atoms with van der Waals surface area (Å²) in [6.07, 6.45) is -0.933. The van der Waals surface area contributed by atoms with Crippen LogP contribution in [0, 0.1) is 12.7 Å². The molecule has 1 atom stereocenters. The van der Waals surface area contributed by atoms with Crippen LogP contribution in [-0.2, 0) is 0 Å². The van der Waals surface area contributed by atoms with E-state index in [1.54, 1.807) is 37.3 Å². The Morgan fingerprint density at radius 3 is 2.61 bits per heavy atom. The summed E-state index contributed by atoms with van der Waals surface area (Å²) in [6, 6.07) is 9.90. The van der Waals surface area contributed by atoms with E-state index in [0.717, 1.165) is 4.47 Å². The number of hydrogen-bond acceptors (Lipinski definition) is 2. The van der Waals surface area contributed by atoms with Crippen molar-refractivity contribution in [2.45, 2.75) is 13.0 Å². The lowest BCUT2D eigenvalue weighted by Crippen LogP contribution is -2.04. The molecule has 0 aliphatic rings. The molecule has 0 saturated heterocycles. The van der Waals surface area contributed by atoms with Crippen LogP contribution in [0.15, 0.2) is 40.9 Å². The predicted molar refractivity (Wildman–Crippen MR) is 73.8 cm³/mol. The van der Waals surface area contributed by atoms with Gasteiger partial charge in [-0.15, -0.1) is 0 Å². The summed E-state index contributed by atoms with van der Waals surface area (Å²) < 4.78 is 14.3. The van der Waals surface area contributed by atoms with E-state index in [1.807, 2.05) is 0 Å². The van der Waals surface area contributed by atoms with Crippen molar-refractivity contribution in [2.24, 2.45) is 0 Å². The third-order valence-corrected chi connectivity index (χ3v) is 3.35. The number of anilines is 1. The Kier molecular flexibility index (Phi) is 3.68. The van der Waals surface area contributed by atoms with E-state index in [0.29, 0.717) is 22.4 Å². The summed E-state index contributed by atoms with van der Waals surface area (Å²) in [5, 5.41) is 10.2. The second kappa shape index (κ2) is 5.08. The van der Waals surface area contributed by atoms with Crippen LogP contribution < -0.4 is 5.73 Å². The smallest absolute Gasteiger partial charge is 0.126 e. The van der Waals surface area contributed by atoms with Gasteiger partial charge in [-0.05, 0) is 42.3 Å². The minimum absolute atomic E-state index is 0.333. The number of aliphatic hydroxyl groups excluding tert-OH is 1. The predicted octanol–water partition coefficient (Wildman–Crippen LogP) is 3.56. The molecule has 0 bridgehead atoms. The van der Waals surface area contributed by atoms with Gasteiger partial charge in [0.15, 0.2) is 0 Å². The van der Waals surface area contributed by atoms with Crippen molar-refractivity contribution < 1.29 is 9.50 Å². The minimum atomic E-state index is -0.933. The fourth-order valence-electron chi connectivity index (χ4n) is 1.74. The molecule has 18 heavy (non-hydrogen) atoms. The van der Waals surface area contributed by atoms with Gasteiger partial charge in [-0.3, -0.25) is 0 Å². The van der Waals surface area contributed by atoms with Crippen LogP contribution in [0.1, 0.15) is 22.8 Å². The van der Waals surface area contributed by atoms with E-state index in [9.17, 15) is 9.50 Å². The maximum Gasteiger partial charge on any atom is 0.126 e. The fourth-order valence-corrected chi connectivity index (χ4v) is 2.12. The SMILES string of the molecule is Cc1ccc(C(O)c2cc(Br)ccc2N)cc1F. The number of nitrogens with two attached hydrogens (primary N) is 1. The molecule has 1 unspecified atom stereocenters. The summed E-state index contributed by atoms with van der Waals surface area (Å²) in [6.45, 7) is 1.68. The number of aryl methyl sites for hydroxylation is 1. The van der Waals surface area contributed by atoms with Gasteiger partial charge in [-0.1, -0.05) is 28.1 Å². The first kappa shape index (κ1) is 13.1. The first-order valence-electron chi connectivity index (χ1n) is 5.48. The van der Waals surface area contributed by atoms with Crippen LogP contribution in [0.2, 0.25) is 0 Å². The summed E-state index contributed by atoms with van der Waals surface area (Å²) >= 11 is 3.32. The summed E-state index contributed by atoms with van der Waals surface area (Å²) in [4.78, 5) is 0. The third-order valence-electron chi connectivity index (χ3n) is 2.86. The number of aliphatic hydroxyl groups is 1. The molecule has 2 aromatic carbocycles. The largest absolute Gasteiger partial charge is 0.398 e. The lowest BCUT2D eigenvalue weighted by Gasteiger charge is -2.15. The molecule has 0 spiro atoms. The van der Waals surface area contributed by atoms with Crippen molar-refractivity contribution in [3.05, 3.63) is 63.4 Å². The van der Waals surface area contributed by atoms with Crippen molar-refractivity contribution in [1.29, 1.82) is 0 Å². The lowest BCUT2D eigenvalue weighted by molar-refractivity contribution is 0.220. The van der Waals surface area contributed by atoms with Crippen molar-refractivity contribution >= 4 is 21.6 Å². The van der Waals surface area contributed by atoms with Crippen molar-refractivity contribution in [3.8, 4) is 0 Å². The van der Waals surface area contributed by atoms with E-state index < -0.39 is 6.10 Å². The number of hydrogen-bond donors (Lipinski definition) is 2. The third kappa shape index (κ3) is 2.54. The van der Waals surface area contributed by atoms with Crippen molar-refractivity contribution in [1.82, 2.24) is 0 Å². The molecule has 2 rings (SSSR count). The number of nitrogen functional groups attached to an aromatic ring is 1. The van der Waals surface area contributed by atoms with Crippen molar-refractivity contribution in [3.63, 3.8) is 0 Å². The van der Waals surface area contributed by atoms with Gasteiger partial charge >= 0.3 is 0 Å². The summed E-state index contributed by atoms with van der Waals surface area (Å²) in [7, 11) is 0. The molecule has 0 aliphatic carbocycles. The Morgan fingerprint density at radius 1 is 1.22 bits per heavy atom. The first-order valence-corrected chi connectivity index (χ1v) is 6.27. The molecule has 94 valence electrons. The number of rotatable bonds is 2. The van der Waals surface area contributed by atoms with Crippen LogP contribution in [0.25, 0.3) is 0 Å². The van der Waals surface area contributed by atoms with Gasteiger partial charge in [0.05, 0.1) is 0 Å². The second-order valence-electron chi connectivity index (χ2n) is 4.18. The highest BCUT2D eigenvalue weighted by Gasteiger charge is 2.15. The highest BCUT2D eigenvalue weighted by molar-refractivity contribution is 9.10. The zero-order valence-electron chi connectivity index (χ0n) is 9.82. The van der Waals surface area contributed by atoms with Gasteiger partial charge in [0, 0.05) is 15.7 Å². The summed E-state index contributed by atoms with van der Waals surface area (Å²) in [5.74, 6) is -0.333. The van der Waals surface area contributed by atoms with Gasteiger partial charge in [0.1, 0.15) is 11.9 Å². The molecular weight excluding hydrogens is 297 g/mol. The molecule has 3 N–H and O–H groups in total. The number of halogens is 2. The van der Waals surface area contributed by atoms with Crippen LogP contribution in [0.4, 0.5) is 10.1 Å². The van der Waals surface area contributed by atoms with E-state index >= 15 is 0 Å². The zero-order valence-corrected chi connectivity index (χ0v) is 11.4. The molecule has 0 fully saturated rings. The molecule has 0 radical (unpaired) electrons. The first-order chi connectivity index (χ1) is 8.49. The van der Waals surface area contributed by atoms with Gasteiger partial charge in [0.2, 0.25) is 0 Å². The monoisotopic (exact) mass is 309 g/mol. The minimum Gasteiger partial charge on any atom is -0.398 e. The van der Waals surface area contributed by atoms with Gasteiger partial charge < -0.3 is 10.8 Å². The normalized spacial score (nSPS) is 12.4. The highest BCUT2D eigenvalue weighted by Crippen LogP contribution is 2.29. The Morgan fingerprint density at radius 2 is 1.94 bits per heavy atom. The highest BCUT2D eigenvalue weighted by atomic mass is 79.9. The second-order valence-corrected chi connectivity index (χ2v) is 5.10. The number of benzene rings is 2. The Labute approximate surface area is 113 Å². The Hall–Kier alpha value is -1.39. The summed E-state index contributed by atoms with van der Waals surface area (Å²) in [5.41, 5.74) is 7.90. The van der Waals surface area contributed by atoms with Crippen LogP contribution in [0.5, 0.6) is 0 Å². The Bertz CT molecular complexity index is 586. The quantitative estimate of drug-likeness (QED) is 0.833. The molecule has 4 heteroatoms. The topological polar surface area (TPSA) is 46.2 Å². The maximum absolute atomic E-state index is 13.5. The van der Waals surface area contributed by atoms with Gasteiger partial charge in [-0.25, -0.2) is 4.39 Å². The van der Waals surface area contributed by atoms with E-state index in [4.69, 9.17) is 5.73 Å². The van der Waals surface area contributed by atoms with Crippen LogP contribution in [0.3, 0.4) is 0 Å². The molecule has 2 nitrogen and oxygen atoms in total. The van der Waals surface area contributed by atoms with E-state index in [1.165, 1.54) is 6.07 Å². The molecule has 2 aromatic rings. The Balaban J connectivity index is 2.44. The molecule has 0 aliphatic heterocycles. The molecule has 0 heterocycles. The molecule has 0 saturated carbocycles. The van der Waals surface area contributed by atoms with E-state index in [-0.39, 0.29) is 5.82 Å². The molecular formula is C14H13BrFNO. The van der Waals surface area contributed by atoms with Crippen LogP contribution >= 0.6 is 15.9 Å². The van der Waals surface area contributed by atoms with E-state index in [2.05, 4.69) is 15.9 Å². The van der Waals surface area contributed by atoms with Crippen LogP contribution in [-0.4, -0.2) is 5.11 Å². The van der Waals surface area contributed by atoms with Crippen molar-refractivity contribution in [2.75, 3.05) is 5.73 Å². The van der Waals surface area contributed by atoms with Gasteiger partial charge in [0.25, 0.3) is 0 Å². The zero-order chi connectivity index (χ0) is 13.3. The van der Waals surface area contributed by atoms with Gasteiger partial charge in [-0.2, -0.15) is 0 Å². The fraction of sp³-hybridized carbons (Fsp3) is 0.143. The standard InChI is InChI=1S/C14H13BrFNO/c1-8-2-3-9(6-12(8)16)14(18)11-7-10(15)4-5-13(11)17/h2-7,14,18H,17H2,1H3. The average molecular weight is 310 g/mol. The maximum atomic E-state index is 13.5. The molecule has 0 amide bonds. The average Bonchev–Trinajstić information content (AvgIpc) is 2.35. The molecule has 0 aromatic heterocycles.